The van der Waals surface area contributed by atoms with Gasteiger partial charge < -0.3 is 18.9 Å². The summed E-state index contributed by atoms with van der Waals surface area (Å²) >= 11 is 3.11. The molecule has 5 rings (SSSR count). The van der Waals surface area contributed by atoms with E-state index in [0.29, 0.717) is 0 Å². The minimum absolute atomic E-state index is 0.0787. The van der Waals surface area contributed by atoms with Crippen LogP contribution in [0, 0.1) is 0 Å². The molecule has 1 aliphatic rings. The molecule has 3 aromatic carbocycles. The van der Waals surface area contributed by atoms with E-state index in [1.165, 1.54) is 41.5 Å². The second-order valence-electron chi connectivity index (χ2n) is 9.55. The topological polar surface area (TPSA) is 143 Å². The van der Waals surface area contributed by atoms with Crippen LogP contribution in [0.2, 0.25) is 0 Å². The third-order valence-corrected chi connectivity index (χ3v) is 6.96. The monoisotopic (exact) mass is 660 g/mol. The molecule has 11 nitrogen and oxygen atoms in total. The Kier molecular flexibility index (Phi) is 9.62. The number of nitrogens with zero attached hydrogens (tertiary/aromatic N) is 1. The van der Waals surface area contributed by atoms with E-state index in [0.717, 1.165) is 4.57 Å². The van der Waals surface area contributed by atoms with Gasteiger partial charge in [-0.2, -0.15) is 0 Å². The van der Waals surface area contributed by atoms with Gasteiger partial charge in [-0.15, -0.1) is 0 Å². The predicted molar refractivity (Wildman–Crippen MR) is 161 cm³/mol. The summed E-state index contributed by atoms with van der Waals surface area (Å²) in [5.74, 6) is -2.23. The van der Waals surface area contributed by atoms with Crippen molar-refractivity contribution in [2.45, 2.75) is 24.5 Å². The van der Waals surface area contributed by atoms with Gasteiger partial charge in [-0.1, -0.05) is 70.5 Å². The van der Waals surface area contributed by atoms with Crippen LogP contribution in [0.25, 0.3) is 6.08 Å². The number of hydrogen-bond acceptors (Lipinski definition) is 9. The summed E-state index contributed by atoms with van der Waals surface area (Å²) in [5, 5.41) is 0. The van der Waals surface area contributed by atoms with E-state index in [9.17, 15) is 24.0 Å². The molecular formula is C32H25BrN2O9. The van der Waals surface area contributed by atoms with Crippen LogP contribution in [0.15, 0.2) is 112 Å². The Morgan fingerprint density at radius 3 is 1.80 bits per heavy atom. The molecule has 1 saturated heterocycles. The predicted octanol–water partition coefficient (Wildman–Crippen LogP) is 4.11. The highest BCUT2D eigenvalue weighted by molar-refractivity contribution is 9.11. The van der Waals surface area contributed by atoms with Gasteiger partial charge in [0, 0.05) is 6.20 Å². The number of halogens is 1. The molecule has 0 aliphatic carbocycles. The summed E-state index contributed by atoms with van der Waals surface area (Å²) in [6, 6.07) is 24.4. The van der Waals surface area contributed by atoms with Gasteiger partial charge in [0.25, 0.3) is 5.56 Å². The number of hydrogen-bond donors (Lipinski definition) is 1. The number of aromatic amines is 1. The number of ether oxygens (including phenoxy) is 4. The minimum Gasteiger partial charge on any atom is -0.459 e. The molecule has 0 amide bonds. The standard InChI is InChI=1S/C32H25BrN2O9/c33-17-16-23-18-35(32(40)34-27(23)36)28-26(44-31(39)22-14-8-3-9-15-22)25(43-30(38)21-12-6-2-7-13-21)24(42-28)19-41-29(37)20-10-4-1-5-11-20/h1-18,24-26,28H,19H2,(H,34,36,40)/b17-16+/t24-,25-,26-,28-/m1/s1. The summed E-state index contributed by atoms with van der Waals surface area (Å²) < 4.78 is 24.4. The summed E-state index contributed by atoms with van der Waals surface area (Å²) in [5.41, 5.74) is -0.796. The Hall–Kier alpha value is -5.07. The Bertz CT molecular complexity index is 1770. The van der Waals surface area contributed by atoms with E-state index in [1.807, 2.05) is 0 Å². The molecule has 224 valence electrons. The highest BCUT2D eigenvalue weighted by Crippen LogP contribution is 2.35. The van der Waals surface area contributed by atoms with Crippen LogP contribution in [-0.2, 0) is 18.9 Å². The molecule has 1 aromatic heterocycles. The van der Waals surface area contributed by atoms with Crippen LogP contribution in [0.5, 0.6) is 0 Å². The fourth-order valence-corrected chi connectivity index (χ4v) is 4.84. The van der Waals surface area contributed by atoms with E-state index < -0.39 is 60.3 Å². The SMILES string of the molecule is O=C(OC[C@H]1O[C@@H](n2cc(/C=C/Br)c(=O)[nH]c2=O)[C@H](OC(=O)c2ccccc2)[C@@H]1OC(=O)c1ccccc1)c1ccccc1. The van der Waals surface area contributed by atoms with E-state index >= 15 is 0 Å². The lowest BCUT2D eigenvalue weighted by atomic mass is 10.1. The second kappa shape index (κ2) is 13.9. The maximum absolute atomic E-state index is 13.3. The first-order valence-corrected chi connectivity index (χ1v) is 14.3. The first-order valence-electron chi connectivity index (χ1n) is 13.4. The van der Waals surface area contributed by atoms with Crippen molar-refractivity contribution in [3.8, 4) is 0 Å². The number of rotatable bonds is 9. The molecule has 0 bridgehead atoms. The number of nitrogens with one attached hydrogen (secondary N) is 1. The van der Waals surface area contributed by atoms with E-state index in [1.54, 1.807) is 66.7 Å². The molecule has 4 aromatic rings. The molecule has 44 heavy (non-hydrogen) atoms. The van der Waals surface area contributed by atoms with E-state index in [-0.39, 0.29) is 22.3 Å². The fourth-order valence-electron chi connectivity index (χ4n) is 4.56. The average Bonchev–Trinajstić information content (AvgIpc) is 3.38. The second-order valence-corrected chi connectivity index (χ2v) is 10.1. The number of aromatic nitrogens is 2. The minimum atomic E-state index is -1.42. The maximum atomic E-state index is 13.3. The van der Waals surface area contributed by atoms with E-state index in [4.69, 9.17) is 18.9 Å². The van der Waals surface area contributed by atoms with Crippen LogP contribution >= 0.6 is 15.9 Å². The lowest BCUT2D eigenvalue weighted by molar-refractivity contribution is -0.0640. The van der Waals surface area contributed by atoms with Gasteiger partial charge in [-0.25, -0.2) is 19.2 Å². The summed E-state index contributed by atoms with van der Waals surface area (Å²) in [4.78, 5) is 68.4. The van der Waals surface area contributed by atoms with Crippen LogP contribution in [0.1, 0.15) is 42.9 Å². The molecule has 12 heteroatoms. The largest absolute Gasteiger partial charge is 0.459 e. The van der Waals surface area contributed by atoms with Crippen molar-refractivity contribution < 1.29 is 33.3 Å². The molecule has 0 unspecified atom stereocenters. The smallest absolute Gasteiger partial charge is 0.338 e. The van der Waals surface area contributed by atoms with Gasteiger partial charge in [0.05, 0.1) is 22.3 Å². The van der Waals surface area contributed by atoms with Gasteiger partial charge in [-0.05, 0) is 47.5 Å². The molecular weight excluding hydrogens is 636 g/mol. The quantitative estimate of drug-likeness (QED) is 0.207. The fraction of sp³-hybridized carbons (Fsp3) is 0.156. The maximum Gasteiger partial charge on any atom is 0.338 e. The zero-order valence-electron chi connectivity index (χ0n) is 22.9. The Morgan fingerprint density at radius 1 is 0.773 bits per heavy atom. The molecule has 0 radical (unpaired) electrons. The van der Waals surface area contributed by atoms with Crippen LogP contribution < -0.4 is 11.2 Å². The van der Waals surface area contributed by atoms with Gasteiger partial charge in [0.2, 0.25) is 0 Å². The third-order valence-electron chi connectivity index (χ3n) is 6.69. The molecule has 1 fully saturated rings. The van der Waals surface area contributed by atoms with Crippen molar-refractivity contribution in [3.05, 3.63) is 145 Å². The average molecular weight is 661 g/mol. The van der Waals surface area contributed by atoms with Crippen molar-refractivity contribution in [3.63, 3.8) is 0 Å². The Labute approximate surface area is 258 Å². The number of carbonyl (C=O) groups is 3. The Balaban J connectivity index is 1.54. The molecule has 0 spiro atoms. The zero-order chi connectivity index (χ0) is 31.1. The molecule has 0 saturated carbocycles. The van der Waals surface area contributed by atoms with Crippen LogP contribution in [-0.4, -0.2) is 52.4 Å². The first-order chi connectivity index (χ1) is 21.4. The highest BCUT2D eigenvalue weighted by Gasteiger charge is 2.51. The molecule has 2 heterocycles. The lowest BCUT2D eigenvalue weighted by Gasteiger charge is -2.25. The molecule has 4 atom stereocenters. The van der Waals surface area contributed by atoms with Crippen molar-refractivity contribution in [2.75, 3.05) is 6.61 Å². The van der Waals surface area contributed by atoms with Crippen LogP contribution in [0.4, 0.5) is 0 Å². The number of carbonyl (C=O) groups excluding carboxylic acids is 3. The molecule has 1 N–H and O–H groups in total. The van der Waals surface area contributed by atoms with Gasteiger partial charge in [0.15, 0.2) is 18.4 Å². The van der Waals surface area contributed by atoms with Gasteiger partial charge >= 0.3 is 23.6 Å². The van der Waals surface area contributed by atoms with Crippen molar-refractivity contribution in [1.82, 2.24) is 9.55 Å². The third kappa shape index (κ3) is 6.93. The normalized spacial score (nSPS) is 19.4. The van der Waals surface area contributed by atoms with Crippen LogP contribution in [0.3, 0.4) is 0 Å². The summed E-state index contributed by atoms with van der Waals surface area (Å²) in [6.45, 7) is -0.428. The van der Waals surface area contributed by atoms with Gasteiger partial charge in [0.1, 0.15) is 12.7 Å². The van der Waals surface area contributed by atoms with Gasteiger partial charge in [-0.3, -0.25) is 14.3 Å². The number of benzene rings is 3. The Morgan fingerprint density at radius 2 is 1.27 bits per heavy atom. The summed E-state index contributed by atoms with van der Waals surface area (Å²) in [6.07, 6.45) is -2.73. The first kappa shape index (κ1) is 30.4. The number of esters is 3. The van der Waals surface area contributed by atoms with Crippen molar-refractivity contribution in [1.29, 1.82) is 0 Å². The lowest BCUT2D eigenvalue weighted by Crippen LogP contribution is -2.43. The highest BCUT2D eigenvalue weighted by atomic mass is 79.9. The van der Waals surface area contributed by atoms with Crippen molar-refractivity contribution >= 4 is 39.9 Å². The van der Waals surface area contributed by atoms with Crippen molar-refractivity contribution in [2.24, 2.45) is 0 Å². The van der Waals surface area contributed by atoms with E-state index in [2.05, 4.69) is 20.9 Å². The number of H-pyrrole nitrogens is 1. The molecule has 1 aliphatic heterocycles. The zero-order valence-corrected chi connectivity index (χ0v) is 24.5. The summed E-state index contributed by atoms with van der Waals surface area (Å²) in [7, 11) is 0.